The Kier molecular flexibility index (Phi) is 5.84. The van der Waals surface area contributed by atoms with Crippen LogP contribution < -0.4 is 10.6 Å². The molecule has 1 aromatic rings. The van der Waals surface area contributed by atoms with Gasteiger partial charge in [-0.2, -0.15) is 0 Å². The van der Waals surface area contributed by atoms with Gasteiger partial charge in [0.05, 0.1) is 30.1 Å². The van der Waals surface area contributed by atoms with Crippen molar-refractivity contribution in [3.8, 4) is 0 Å². The van der Waals surface area contributed by atoms with Gasteiger partial charge in [-0.3, -0.25) is 14.5 Å². The number of rotatable bonds is 6. The zero-order valence-corrected chi connectivity index (χ0v) is 15.6. The van der Waals surface area contributed by atoms with Crippen LogP contribution in [0.25, 0.3) is 0 Å². The number of aryl methyl sites for hydroxylation is 1. The van der Waals surface area contributed by atoms with Gasteiger partial charge in [0.15, 0.2) is 9.84 Å². The average molecular weight is 367 g/mol. The SMILES string of the molecule is Cc1ccc(NC(=O)CN(C)CC(=O)N[C@]2(C)CCS(=O)(=O)C2)cc1. The van der Waals surface area contributed by atoms with Gasteiger partial charge in [0.25, 0.3) is 0 Å². The maximum Gasteiger partial charge on any atom is 0.238 e. The van der Waals surface area contributed by atoms with Crippen molar-refractivity contribution in [2.75, 3.05) is 37.0 Å². The molecule has 0 spiro atoms. The van der Waals surface area contributed by atoms with Gasteiger partial charge in [0, 0.05) is 5.69 Å². The Morgan fingerprint density at radius 2 is 1.76 bits per heavy atom. The van der Waals surface area contributed by atoms with Crippen molar-refractivity contribution in [2.24, 2.45) is 0 Å². The molecule has 0 radical (unpaired) electrons. The van der Waals surface area contributed by atoms with Gasteiger partial charge in [0.2, 0.25) is 11.8 Å². The van der Waals surface area contributed by atoms with E-state index in [4.69, 9.17) is 0 Å². The summed E-state index contributed by atoms with van der Waals surface area (Å²) in [6.45, 7) is 3.79. The molecule has 1 heterocycles. The van der Waals surface area contributed by atoms with E-state index in [-0.39, 0.29) is 36.4 Å². The first-order valence-corrected chi connectivity index (χ1v) is 9.96. The Balaban J connectivity index is 1.79. The molecule has 8 heteroatoms. The molecule has 1 atom stereocenters. The van der Waals surface area contributed by atoms with E-state index in [0.717, 1.165) is 5.56 Å². The molecule has 1 aliphatic rings. The molecular formula is C17H25N3O4S. The van der Waals surface area contributed by atoms with E-state index < -0.39 is 15.4 Å². The summed E-state index contributed by atoms with van der Waals surface area (Å²) in [5.74, 6) is -0.443. The minimum atomic E-state index is -3.08. The van der Waals surface area contributed by atoms with Gasteiger partial charge in [-0.1, -0.05) is 17.7 Å². The molecule has 7 nitrogen and oxygen atoms in total. The number of anilines is 1. The molecule has 0 unspecified atom stereocenters. The number of carbonyl (C=O) groups is 2. The van der Waals surface area contributed by atoms with Crippen molar-refractivity contribution in [1.82, 2.24) is 10.2 Å². The standard InChI is InChI=1S/C17H25N3O4S/c1-13-4-6-14(7-5-13)18-15(21)10-20(3)11-16(22)19-17(2)8-9-25(23,24)12-17/h4-7H,8-12H2,1-3H3,(H,18,21)(H,19,22)/t17-/m1/s1. The number of hydrogen-bond acceptors (Lipinski definition) is 5. The number of sulfone groups is 1. The van der Waals surface area contributed by atoms with Gasteiger partial charge < -0.3 is 10.6 Å². The lowest BCUT2D eigenvalue weighted by Crippen LogP contribution is -2.50. The van der Waals surface area contributed by atoms with E-state index in [9.17, 15) is 18.0 Å². The van der Waals surface area contributed by atoms with Gasteiger partial charge in [-0.25, -0.2) is 8.42 Å². The molecule has 1 aromatic carbocycles. The van der Waals surface area contributed by atoms with E-state index in [2.05, 4.69) is 10.6 Å². The number of carbonyl (C=O) groups excluding carboxylic acids is 2. The van der Waals surface area contributed by atoms with Crippen molar-refractivity contribution in [1.29, 1.82) is 0 Å². The lowest BCUT2D eigenvalue weighted by atomic mass is 10.0. The summed E-state index contributed by atoms with van der Waals surface area (Å²) in [5, 5.41) is 5.55. The monoisotopic (exact) mass is 367 g/mol. The van der Waals surface area contributed by atoms with Crippen LogP contribution in [-0.2, 0) is 19.4 Å². The highest BCUT2D eigenvalue weighted by Crippen LogP contribution is 2.22. The number of benzene rings is 1. The molecule has 1 fully saturated rings. The third kappa shape index (κ3) is 6.13. The fourth-order valence-corrected chi connectivity index (χ4v) is 4.96. The van der Waals surface area contributed by atoms with E-state index in [1.807, 2.05) is 31.2 Å². The predicted octanol–water partition coefficient (Wildman–Crippen LogP) is 0.559. The second kappa shape index (κ2) is 7.53. The van der Waals surface area contributed by atoms with Gasteiger partial charge in [0.1, 0.15) is 0 Å². The Bertz CT molecular complexity index is 746. The molecule has 1 saturated heterocycles. The van der Waals surface area contributed by atoms with Crippen LogP contribution in [0.2, 0.25) is 0 Å². The largest absolute Gasteiger partial charge is 0.349 e. The highest BCUT2D eigenvalue weighted by Gasteiger charge is 2.39. The van der Waals surface area contributed by atoms with Crippen LogP contribution in [0.5, 0.6) is 0 Å². The van der Waals surface area contributed by atoms with Crippen LogP contribution in [0.4, 0.5) is 5.69 Å². The quantitative estimate of drug-likeness (QED) is 0.766. The van der Waals surface area contributed by atoms with Crippen molar-refractivity contribution in [3.05, 3.63) is 29.8 Å². The van der Waals surface area contributed by atoms with Gasteiger partial charge in [-0.15, -0.1) is 0 Å². The van der Waals surface area contributed by atoms with Crippen LogP contribution in [0.15, 0.2) is 24.3 Å². The number of hydrogen-bond donors (Lipinski definition) is 2. The predicted molar refractivity (Wildman–Crippen MR) is 97.1 cm³/mol. The van der Waals surface area contributed by atoms with E-state index in [1.54, 1.807) is 18.9 Å². The van der Waals surface area contributed by atoms with Crippen molar-refractivity contribution in [3.63, 3.8) is 0 Å². The van der Waals surface area contributed by atoms with Gasteiger partial charge in [-0.05, 0) is 39.4 Å². The van der Waals surface area contributed by atoms with E-state index in [0.29, 0.717) is 12.1 Å². The molecule has 0 saturated carbocycles. The Morgan fingerprint density at radius 3 is 2.32 bits per heavy atom. The summed E-state index contributed by atoms with van der Waals surface area (Å²) >= 11 is 0. The van der Waals surface area contributed by atoms with Crippen LogP contribution in [0.1, 0.15) is 18.9 Å². The molecule has 25 heavy (non-hydrogen) atoms. The summed E-state index contributed by atoms with van der Waals surface area (Å²) in [6.07, 6.45) is 0.415. The second-order valence-electron chi connectivity index (χ2n) is 7.04. The number of nitrogens with one attached hydrogen (secondary N) is 2. The molecule has 0 aromatic heterocycles. The van der Waals surface area contributed by atoms with E-state index in [1.165, 1.54) is 0 Å². The molecule has 0 bridgehead atoms. The molecule has 138 valence electrons. The number of likely N-dealkylation sites (N-methyl/N-ethyl adjacent to an activating group) is 1. The first kappa shape index (κ1) is 19.4. The van der Waals surface area contributed by atoms with Crippen LogP contribution in [0.3, 0.4) is 0 Å². The molecule has 2 amide bonds. The van der Waals surface area contributed by atoms with Crippen molar-refractivity contribution < 1.29 is 18.0 Å². The molecular weight excluding hydrogens is 342 g/mol. The van der Waals surface area contributed by atoms with Crippen LogP contribution >= 0.6 is 0 Å². The third-order valence-corrected chi connectivity index (χ3v) is 6.01. The smallest absolute Gasteiger partial charge is 0.238 e. The van der Waals surface area contributed by atoms with E-state index >= 15 is 0 Å². The first-order chi connectivity index (χ1) is 11.6. The maximum absolute atomic E-state index is 12.1. The zero-order chi connectivity index (χ0) is 18.7. The van der Waals surface area contributed by atoms with Crippen molar-refractivity contribution in [2.45, 2.75) is 25.8 Å². The van der Waals surface area contributed by atoms with Gasteiger partial charge >= 0.3 is 0 Å². The highest BCUT2D eigenvalue weighted by molar-refractivity contribution is 7.91. The highest BCUT2D eigenvalue weighted by atomic mass is 32.2. The maximum atomic E-state index is 12.1. The lowest BCUT2D eigenvalue weighted by Gasteiger charge is -2.25. The summed E-state index contributed by atoms with van der Waals surface area (Å²) in [4.78, 5) is 25.7. The normalized spacial score (nSPS) is 21.9. The van der Waals surface area contributed by atoms with Crippen LogP contribution in [-0.4, -0.2) is 62.3 Å². The molecule has 2 N–H and O–H groups in total. The minimum absolute atomic E-state index is 0.0248. The van der Waals surface area contributed by atoms with Crippen LogP contribution in [0, 0.1) is 6.92 Å². The number of nitrogens with zero attached hydrogens (tertiary/aromatic N) is 1. The molecule has 1 aliphatic heterocycles. The fourth-order valence-electron chi connectivity index (χ4n) is 2.87. The summed E-state index contributed by atoms with van der Waals surface area (Å²) in [6, 6.07) is 7.45. The summed E-state index contributed by atoms with van der Waals surface area (Å²) in [5.41, 5.74) is 1.09. The summed E-state index contributed by atoms with van der Waals surface area (Å²) in [7, 11) is -1.41. The fraction of sp³-hybridized carbons (Fsp3) is 0.529. The second-order valence-corrected chi connectivity index (χ2v) is 9.22. The zero-order valence-electron chi connectivity index (χ0n) is 14.8. The average Bonchev–Trinajstić information content (AvgIpc) is 2.74. The Morgan fingerprint density at radius 1 is 1.16 bits per heavy atom. The Hall–Kier alpha value is -1.93. The third-order valence-electron chi connectivity index (χ3n) is 4.11. The number of amides is 2. The Labute approximate surface area is 148 Å². The lowest BCUT2D eigenvalue weighted by molar-refractivity contribution is -0.124. The topological polar surface area (TPSA) is 95.6 Å². The minimum Gasteiger partial charge on any atom is -0.349 e. The summed E-state index contributed by atoms with van der Waals surface area (Å²) < 4.78 is 23.2. The van der Waals surface area contributed by atoms with Crippen molar-refractivity contribution >= 4 is 27.3 Å². The first-order valence-electron chi connectivity index (χ1n) is 8.13. The molecule has 2 rings (SSSR count). The molecule has 0 aliphatic carbocycles.